The van der Waals surface area contributed by atoms with Crippen LogP contribution in [0, 0.1) is 0 Å². The van der Waals surface area contributed by atoms with Crippen molar-refractivity contribution in [1.82, 2.24) is 9.80 Å². The average molecular weight is 368 g/mol. The van der Waals surface area contributed by atoms with Crippen molar-refractivity contribution >= 4 is 5.97 Å². The van der Waals surface area contributed by atoms with Crippen LogP contribution in [0.4, 0.5) is 0 Å². The maximum Gasteiger partial charge on any atom is 0.307 e. The van der Waals surface area contributed by atoms with Crippen LogP contribution in [0.15, 0.2) is 54.6 Å². The van der Waals surface area contributed by atoms with Crippen LogP contribution in [0.3, 0.4) is 0 Å². The van der Waals surface area contributed by atoms with Gasteiger partial charge in [0.05, 0.1) is 6.42 Å². The molecule has 5 heteroatoms. The summed E-state index contributed by atoms with van der Waals surface area (Å²) < 4.78 is 5.78. The Hall–Kier alpha value is -2.37. The van der Waals surface area contributed by atoms with E-state index in [-0.39, 0.29) is 6.42 Å². The van der Waals surface area contributed by atoms with Crippen LogP contribution in [-0.2, 0) is 17.6 Å². The average Bonchev–Trinajstić information content (AvgIpc) is 2.69. The summed E-state index contributed by atoms with van der Waals surface area (Å²) in [6, 6.07) is 17.9. The topological polar surface area (TPSA) is 53.0 Å². The van der Waals surface area contributed by atoms with Crippen molar-refractivity contribution < 1.29 is 14.6 Å². The zero-order valence-corrected chi connectivity index (χ0v) is 15.7. The van der Waals surface area contributed by atoms with Crippen molar-refractivity contribution in [2.24, 2.45) is 0 Å². The maximum atomic E-state index is 10.7. The zero-order valence-electron chi connectivity index (χ0n) is 15.7. The first-order valence-corrected chi connectivity index (χ1v) is 9.61. The predicted molar refractivity (Wildman–Crippen MR) is 106 cm³/mol. The Kier molecular flexibility index (Phi) is 7.25. The molecular weight excluding hydrogens is 340 g/mol. The fraction of sp³-hybridized carbons (Fsp3) is 0.409. The van der Waals surface area contributed by atoms with Crippen molar-refractivity contribution in [3.63, 3.8) is 0 Å². The van der Waals surface area contributed by atoms with Gasteiger partial charge in [-0.05, 0) is 29.7 Å². The second-order valence-corrected chi connectivity index (χ2v) is 6.98. The minimum Gasteiger partial charge on any atom is -0.492 e. The minimum atomic E-state index is -0.783. The fourth-order valence-corrected chi connectivity index (χ4v) is 3.33. The highest BCUT2D eigenvalue weighted by molar-refractivity contribution is 5.70. The van der Waals surface area contributed by atoms with E-state index >= 15 is 0 Å². The molecule has 1 saturated heterocycles. The SMILES string of the molecule is O=C(O)Cc1ccc(CCN2CCN(CCOc3ccccc3)CC2)cc1. The van der Waals surface area contributed by atoms with Crippen LogP contribution < -0.4 is 4.74 Å². The van der Waals surface area contributed by atoms with Gasteiger partial charge in [0.2, 0.25) is 0 Å². The molecule has 0 bridgehead atoms. The lowest BCUT2D eigenvalue weighted by Gasteiger charge is -2.34. The molecule has 2 aromatic rings. The highest BCUT2D eigenvalue weighted by atomic mass is 16.5. The number of hydrogen-bond donors (Lipinski definition) is 1. The van der Waals surface area contributed by atoms with Crippen LogP contribution in [0.25, 0.3) is 0 Å². The summed E-state index contributed by atoms with van der Waals surface area (Å²) in [4.78, 5) is 15.7. The van der Waals surface area contributed by atoms with Gasteiger partial charge in [0.1, 0.15) is 12.4 Å². The van der Waals surface area contributed by atoms with E-state index in [2.05, 4.69) is 21.9 Å². The summed E-state index contributed by atoms with van der Waals surface area (Å²) in [5.74, 6) is 0.153. The second-order valence-electron chi connectivity index (χ2n) is 6.98. The number of para-hydroxylation sites is 1. The number of carbonyl (C=O) groups is 1. The molecule has 2 aromatic carbocycles. The van der Waals surface area contributed by atoms with E-state index in [9.17, 15) is 4.79 Å². The maximum absolute atomic E-state index is 10.7. The Balaban J connectivity index is 1.31. The minimum absolute atomic E-state index is 0.0935. The Bertz CT molecular complexity index is 695. The summed E-state index contributed by atoms with van der Waals surface area (Å²) in [6.07, 6.45) is 1.10. The fourth-order valence-electron chi connectivity index (χ4n) is 3.33. The smallest absolute Gasteiger partial charge is 0.307 e. The number of carboxylic acids is 1. The lowest BCUT2D eigenvalue weighted by atomic mass is 10.1. The number of aliphatic carboxylic acids is 1. The van der Waals surface area contributed by atoms with Gasteiger partial charge in [-0.25, -0.2) is 0 Å². The molecule has 5 nitrogen and oxygen atoms in total. The van der Waals surface area contributed by atoms with Crippen LogP contribution in [-0.4, -0.2) is 66.8 Å². The van der Waals surface area contributed by atoms with E-state index in [1.54, 1.807) is 0 Å². The van der Waals surface area contributed by atoms with Gasteiger partial charge < -0.3 is 14.7 Å². The molecule has 0 radical (unpaired) electrons. The van der Waals surface area contributed by atoms with E-state index in [0.717, 1.165) is 63.6 Å². The Morgan fingerprint density at radius 3 is 2.07 bits per heavy atom. The molecule has 27 heavy (non-hydrogen) atoms. The monoisotopic (exact) mass is 368 g/mol. The first-order chi connectivity index (χ1) is 13.2. The molecule has 1 aliphatic rings. The van der Waals surface area contributed by atoms with E-state index in [1.807, 2.05) is 42.5 Å². The summed E-state index contributed by atoms with van der Waals surface area (Å²) in [5, 5.41) is 8.82. The van der Waals surface area contributed by atoms with Gasteiger partial charge in [0, 0.05) is 39.3 Å². The van der Waals surface area contributed by atoms with Crippen LogP contribution >= 0.6 is 0 Å². The molecule has 0 unspecified atom stereocenters. The molecule has 0 atom stereocenters. The highest BCUT2D eigenvalue weighted by Gasteiger charge is 2.16. The number of carboxylic acid groups (broad SMARTS) is 1. The summed E-state index contributed by atoms with van der Waals surface area (Å²) in [7, 11) is 0. The lowest BCUT2D eigenvalue weighted by Crippen LogP contribution is -2.47. The van der Waals surface area contributed by atoms with Gasteiger partial charge in [-0.3, -0.25) is 9.69 Å². The Labute approximate surface area is 161 Å². The third kappa shape index (κ3) is 6.70. The van der Waals surface area contributed by atoms with E-state index in [1.165, 1.54) is 5.56 Å². The molecule has 1 aliphatic heterocycles. The van der Waals surface area contributed by atoms with Crippen molar-refractivity contribution in [2.45, 2.75) is 12.8 Å². The van der Waals surface area contributed by atoms with Gasteiger partial charge in [-0.1, -0.05) is 42.5 Å². The van der Waals surface area contributed by atoms with Crippen molar-refractivity contribution in [3.8, 4) is 5.75 Å². The van der Waals surface area contributed by atoms with Gasteiger partial charge >= 0.3 is 5.97 Å². The van der Waals surface area contributed by atoms with Crippen LogP contribution in [0.2, 0.25) is 0 Å². The quantitative estimate of drug-likeness (QED) is 0.737. The van der Waals surface area contributed by atoms with Crippen molar-refractivity contribution in [3.05, 3.63) is 65.7 Å². The summed E-state index contributed by atoms with van der Waals surface area (Å²) in [6.45, 7) is 7.07. The first-order valence-electron chi connectivity index (χ1n) is 9.61. The summed E-state index contributed by atoms with van der Waals surface area (Å²) >= 11 is 0. The van der Waals surface area contributed by atoms with E-state index in [0.29, 0.717) is 0 Å². The predicted octanol–water partition coefficient (Wildman–Crippen LogP) is 2.55. The number of rotatable bonds is 9. The third-order valence-corrected chi connectivity index (χ3v) is 4.98. The molecule has 0 aliphatic carbocycles. The lowest BCUT2D eigenvalue weighted by molar-refractivity contribution is -0.136. The van der Waals surface area contributed by atoms with Crippen LogP contribution in [0.5, 0.6) is 5.75 Å². The Morgan fingerprint density at radius 2 is 1.44 bits per heavy atom. The molecule has 144 valence electrons. The normalized spacial score (nSPS) is 15.6. The molecule has 0 amide bonds. The van der Waals surface area contributed by atoms with E-state index in [4.69, 9.17) is 9.84 Å². The summed E-state index contributed by atoms with van der Waals surface area (Å²) in [5.41, 5.74) is 2.13. The largest absolute Gasteiger partial charge is 0.492 e. The van der Waals surface area contributed by atoms with Gasteiger partial charge in [0.15, 0.2) is 0 Å². The number of piperazine rings is 1. The molecule has 0 aromatic heterocycles. The number of benzene rings is 2. The number of hydrogen-bond acceptors (Lipinski definition) is 4. The molecule has 1 heterocycles. The Morgan fingerprint density at radius 1 is 0.852 bits per heavy atom. The molecule has 0 spiro atoms. The second kappa shape index (κ2) is 10.1. The van der Waals surface area contributed by atoms with E-state index < -0.39 is 5.97 Å². The molecular formula is C22H28N2O3. The van der Waals surface area contributed by atoms with Crippen LogP contribution in [0.1, 0.15) is 11.1 Å². The highest BCUT2D eigenvalue weighted by Crippen LogP contribution is 2.10. The van der Waals surface area contributed by atoms with Gasteiger partial charge in [-0.2, -0.15) is 0 Å². The van der Waals surface area contributed by atoms with Crippen molar-refractivity contribution in [1.29, 1.82) is 0 Å². The van der Waals surface area contributed by atoms with Crippen molar-refractivity contribution in [2.75, 3.05) is 45.9 Å². The van der Waals surface area contributed by atoms with Gasteiger partial charge in [0.25, 0.3) is 0 Å². The molecule has 3 rings (SSSR count). The third-order valence-electron chi connectivity index (χ3n) is 4.98. The first kappa shape index (κ1) is 19.4. The number of nitrogens with zero attached hydrogens (tertiary/aromatic N) is 2. The number of ether oxygens (including phenoxy) is 1. The molecule has 1 N–H and O–H groups in total. The standard InChI is InChI=1S/C22H28N2O3/c25-22(26)18-20-8-6-19(7-9-20)10-11-23-12-14-24(15-13-23)16-17-27-21-4-2-1-3-5-21/h1-9H,10-18H2,(H,25,26). The molecule has 0 saturated carbocycles. The van der Waals surface area contributed by atoms with Gasteiger partial charge in [-0.15, -0.1) is 0 Å². The zero-order chi connectivity index (χ0) is 18.9. The molecule has 1 fully saturated rings.